The second-order valence-corrected chi connectivity index (χ2v) is 9.29. The Balaban J connectivity index is 1.46. The van der Waals surface area contributed by atoms with E-state index >= 15 is 0 Å². The van der Waals surface area contributed by atoms with E-state index in [1.54, 1.807) is 0 Å². The second-order valence-electron chi connectivity index (χ2n) is 8.37. The van der Waals surface area contributed by atoms with Crippen molar-refractivity contribution in [3.63, 3.8) is 0 Å². The van der Waals surface area contributed by atoms with Gasteiger partial charge in [0, 0.05) is 33.3 Å². The summed E-state index contributed by atoms with van der Waals surface area (Å²) in [5.74, 6) is 0.900. The Labute approximate surface area is 186 Å². The van der Waals surface area contributed by atoms with E-state index in [-0.39, 0.29) is 6.23 Å². The van der Waals surface area contributed by atoms with E-state index in [0.29, 0.717) is 0 Å². The maximum absolute atomic E-state index is 6.67. The van der Waals surface area contributed by atoms with Crippen molar-refractivity contribution in [2.75, 3.05) is 13.1 Å². The average molecular weight is 465 g/mol. The van der Waals surface area contributed by atoms with Gasteiger partial charge in [-0.2, -0.15) is 0 Å². The first kappa shape index (κ1) is 19.7. The van der Waals surface area contributed by atoms with E-state index < -0.39 is 0 Å². The maximum Gasteiger partial charge on any atom is 0.233 e. The standard InChI is InChI=1S/C26H27BrNO2/c1-2-28(18-19-8-4-3-5-9-19)15-7-6-10-26(28)29-21-12-14-23-22-13-11-20(27)16-24(22)30-25(23)17-21/h3-5,8-9,11-14,16-17,26H,2,6-7,10,15,18H2,1H3/q+1. The summed E-state index contributed by atoms with van der Waals surface area (Å²) in [4.78, 5) is 0. The molecule has 1 aliphatic heterocycles. The average Bonchev–Trinajstić information content (AvgIpc) is 3.12. The van der Waals surface area contributed by atoms with Gasteiger partial charge in [0.1, 0.15) is 23.5 Å². The number of furan rings is 1. The minimum Gasteiger partial charge on any atom is -0.456 e. The lowest BCUT2D eigenvalue weighted by Crippen LogP contribution is -2.59. The van der Waals surface area contributed by atoms with Crippen LogP contribution in [0.25, 0.3) is 21.9 Å². The number of likely N-dealkylation sites (tertiary alicyclic amines) is 1. The Bertz CT molecular complexity index is 1170. The van der Waals surface area contributed by atoms with Crippen molar-refractivity contribution in [2.24, 2.45) is 0 Å². The molecule has 0 spiro atoms. The number of nitrogens with zero attached hydrogens (tertiary/aromatic N) is 1. The van der Waals surface area contributed by atoms with E-state index in [4.69, 9.17) is 9.15 Å². The molecule has 0 bridgehead atoms. The predicted octanol–water partition coefficient (Wildman–Crippen LogP) is 7.27. The van der Waals surface area contributed by atoms with Gasteiger partial charge in [-0.3, -0.25) is 4.48 Å². The highest BCUT2D eigenvalue weighted by Gasteiger charge is 2.39. The van der Waals surface area contributed by atoms with Gasteiger partial charge in [0.2, 0.25) is 6.23 Å². The summed E-state index contributed by atoms with van der Waals surface area (Å²) in [7, 11) is 0. The van der Waals surface area contributed by atoms with Gasteiger partial charge in [-0.05, 0) is 50.1 Å². The van der Waals surface area contributed by atoms with Crippen molar-refractivity contribution < 1.29 is 13.6 Å². The summed E-state index contributed by atoms with van der Waals surface area (Å²) in [6.45, 7) is 5.55. The van der Waals surface area contributed by atoms with Crippen molar-refractivity contribution in [1.82, 2.24) is 0 Å². The first-order valence-corrected chi connectivity index (χ1v) is 11.6. The van der Waals surface area contributed by atoms with Gasteiger partial charge in [0.15, 0.2) is 0 Å². The van der Waals surface area contributed by atoms with Crippen LogP contribution >= 0.6 is 15.9 Å². The molecule has 1 fully saturated rings. The quantitative estimate of drug-likeness (QED) is 0.289. The van der Waals surface area contributed by atoms with Gasteiger partial charge < -0.3 is 9.15 Å². The monoisotopic (exact) mass is 464 g/mol. The fourth-order valence-corrected chi connectivity index (χ4v) is 5.24. The summed E-state index contributed by atoms with van der Waals surface area (Å²) in [6.07, 6.45) is 3.74. The third kappa shape index (κ3) is 3.63. The van der Waals surface area contributed by atoms with Crippen molar-refractivity contribution in [3.8, 4) is 5.75 Å². The molecular formula is C26H27BrNO2+. The summed E-state index contributed by atoms with van der Waals surface area (Å²) in [5.41, 5.74) is 3.17. The number of halogens is 1. The van der Waals surface area contributed by atoms with Gasteiger partial charge in [0.05, 0.1) is 13.1 Å². The molecule has 1 aliphatic rings. The molecule has 1 saturated heterocycles. The summed E-state index contributed by atoms with van der Waals surface area (Å²) in [5, 5.41) is 2.27. The lowest BCUT2D eigenvalue weighted by molar-refractivity contribution is -0.983. The molecule has 0 N–H and O–H groups in total. The summed E-state index contributed by atoms with van der Waals surface area (Å²) < 4.78 is 14.8. The molecule has 4 heteroatoms. The zero-order valence-electron chi connectivity index (χ0n) is 17.3. The van der Waals surface area contributed by atoms with Gasteiger partial charge in [0.25, 0.3) is 0 Å². The number of hydrogen-bond acceptors (Lipinski definition) is 2. The van der Waals surface area contributed by atoms with Crippen LogP contribution in [0.4, 0.5) is 0 Å². The molecule has 0 saturated carbocycles. The number of ether oxygens (including phenoxy) is 1. The summed E-state index contributed by atoms with van der Waals surface area (Å²) in [6, 6.07) is 23.3. The van der Waals surface area contributed by atoms with E-state index in [9.17, 15) is 0 Å². The number of fused-ring (bicyclic) bond motifs is 3. The number of quaternary nitrogens is 1. The first-order valence-electron chi connectivity index (χ1n) is 10.8. The topological polar surface area (TPSA) is 22.4 Å². The Morgan fingerprint density at radius 2 is 1.73 bits per heavy atom. The number of benzene rings is 3. The zero-order valence-corrected chi connectivity index (χ0v) is 18.9. The van der Waals surface area contributed by atoms with Crippen LogP contribution in [-0.4, -0.2) is 23.8 Å². The van der Waals surface area contributed by atoms with Crippen molar-refractivity contribution in [2.45, 2.75) is 39.0 Å². The Morgan fingerprint density at radius 3 is 2.53 bits per heavy atom. The lowest BCUT2D eigenvalue weighted by Gasteiger charge is -2.46. The molecule has 0 amide bonds. The van der Waals surface area contributed by atoms with E-state index in [1.165, 1.54) is 18.4 Å². The van der Waals surface area contributed by atoms with Crippen LogP contribution in [0.3, 0.4) is 0 Å². The van der Waals surface area contributed by atoms with Crippen LogP contribution in [0.1, 0.15) is 31.7 Å². The van der Waals surface area contributed by atoms with Gasteiger partial charge in [-0.1, -0.05) is 46.3 Å². The second kappa shape index (κ2) is 8.09. The van der Waals surface area contributed by atoms with Crippen LogP contribution in [0.5, 0.6) is 5.75 Å². The van der Waals surface area contributed by atoms with Gasteiger partial charge >= 0.3 is 0 Å². The summed E-state index contributed by atoms with van der Waals surface area (Å²) >= 11 is 3.53. The molecule has 30 heavy (non-hydrogen) atoms. The Morgan fingerprint density at radius 1 is 0.967 bits per heavy atom. The van der Waals surface area contributed by atoms with Crippen LogP contribution in [-0.2, 0) is 6.54 Å². The SMILES string of the molecule is CC[N+]1(Cc2ccccc2)CCCCC1Oc1ccc2c(c1)oc1cc(Br)ccc12. The number of rotatable bonds is 5. The molecule has 1 aromatic heterocycles. The highest BCUT2D eigenvalue weighted by atomic mass is 79.9. The molecule has 2 unspecified atom stereocenters. The maximum atomic E-state index is 6.67. The highest BCUT2D eigenvalue weighted by Crippen LogP contribution is 2.35. The molecule has 2 atom stereocenters. The molecular weight excluding hydrogens is 438 g/mol. The van der Waals surface area contributed by atoms with E-state index in [1.807, 2.05) is 6.07 Å². The Hall–Kier alpha value is -2.30. The van der Waals surface area contributed by atoms with Gasteiger partial charge in [-0.25, -0.2) is 0 Å². The molecule has 0 aliphatic carbocycles. The molecule has 5 rings (SSSR count). The minimum atomic E-state index is 0.167. The van der Waals surface area contributed by atoms with E-state index in [2.05, 4.69) is 83.5 Å². The van der Waals surface area contributed by atoms with Crippen LogP contribution in [0, 0.1) is 0 Å². The van der Waals surface area contributed by atoms with Crippen molar-refractivity contribution >= 4 is 37.9 Å². The van der Waals surface area contributed by atoms with Crippen molar-refractivity contribution in [1.29, 1.82) is 0 Å². The molecule has 154 valence electrons. The van der Waals surface area contributed by atoms with E-state index in [0.717, 1.165) is 62.7 Å². The molecule has 3 nitrogen and oxygen atoms in total. The largest absolute Gasteiger partial charge is 0.456 e. The van der Waals surface area contributed by atoms with Crippen LogP contribution in [0.2, 0.25) is 0 Å². The molecule has 2 heterocycles. The van der Waals surface area contributed by atoms with Crippen LogP contribution < -0.4 is 4.74 Å². The first-order chi connectivity index (χ1) is 14.7. The molecule has 3 aromatic carbocycles. The van der Waals surface area contributed by atoms with Gasteiger partial charge in [-0.15, -0.1) is 0 Å². The lowest BCUT2D eigenvalue weighted by atomic mass is 10.0. The number of piperidine rings is 1. The highest BCUT2D eigenvalue weighted by molar-refractivity contribution is 9.10. The fourth-order valence-electron chi connectivity index (χ4n) is 4.90. The molecule has 0 radical (unpaired) electrons. The van der Waals surface area contributed by atoms with Crippen molar-refractivity contribution in [3.05, 3.63) is 76.8 Å². The zero-order chi connectivity index (χ0) is 20.6. The smallest absolute Gasteiger partial charge is 0.233 e. The predicted molar refractivity (Wildman–Crippen MR) is 126 cm³/mol. The number of hydrogen-bond donors (Lipinski definition) is 0. The Kier molecular flexibility index (Phi) is 5.30. The third-order valence-corrected chi connectivity index (χ3v) is 7.06. The fraction of sp³-hybridized carbons (Fsp3) is 0.308. The third-order valence-electron chi connectivity index (χ3n) is 6.56. The minimum absolute atomic E-state index is 0.167. The molecule has 4 aromatic rings. The normalized spacial score (nSPS) is 21.9. The van der Waals surface area contributed by atoms with Crippen LogP contribution in [0.15, 0.2) is 75.6 Å².